The summed E-state index contributed by atoms with van der Waals surface area (Å²) in [6, 6.07) is 0. The normalized spacial score (nSPS) is 49.2. The molecular formula is C11H14O5S. The molecule has 1 heterocycles. The second-order valence-electron chi connectivity index (χ2n) is 5.14. The molecule has 2 aliphatic carbocycles. The van der Waals surface area contributed by atoms with E-state index in [1.54, 1.807) is 0 Å². The third-order valence-corrected chi connectivity index (χ3v) is 6.15. The average Bonchev–Trinajstić information content (AvgIpc) is 2.78. The number of hydrogen-bond donors (Lipinski definition) is 0. The molecule has 1 aliphatic heterocycles. The number of hydrogen-bond acceptors (Lipinski definition) is 5. The molecule has 0 aromatic rings. The predicted molar refractivity (Wildman–Crippen MR) is 58.5 cm³/mol. The molecule has 3 aliphatic rings. The first-order valence-electron chi connectivity index (χ1n) is 5.68. The Morgan fingerprint density at radius 3 is 2.94 bits per heavy atom. The maximum atomic E-state index is 11.9. The summed E-state index contributed by atoms with van der Waals surface area (Å²) in [5.74, 6) is -0.198. The Labute approximate surface area is 99.9 Å². The SMILES string of the molecule is C=CC(=O)OC12CC3CC1S(=O)(=O)OC2C3C. The van der Waals surface area contributed by atoms with E-state index in [2.05, 4.69) is 6.58 Å². The van der Waals surface area contributed by atoms with Crippen LogP contribution in [0.15, 0.2) is 12.7 Å². The zero-order valence-electron chi connectivity index (χ0n) is 9.46. The fraction of sp³-hybridized carbons (Fsp3) is 0.727. The topological polar surface area (TPSA) is 69.7 Å². The third-order valence-electron chi connectivity index (χ3n) is 4.39. The van der Waals surface area contributed by atoms with Crippen LogP contribution in [0, 0.1) is 11.8 Å². The van der Waals surface area contributed by atoms with E-state index in [9.17, 15) is 13.2 Å². The van der Waals surface area contributed by atoms with Gasteiger partial charge >= 0.3 is 5.97 Å². The van der Waals surface area contributed by atoms with Gasteiger partial charge in [0.05, 0.1) is 0 Å². The highest BCUT2D eigenvalue weighted by Gasteiger charge is 2.74. The van der Waals surface area contributed by atoms with E-state index in [4.69, 9.17) is 8.92 Å². The van der Waals surface area contributed by atoms with E-state index < -0.39 is 33.0 Å². The fourth-order valence-electron chi connectivity index (χ4n) is 3.63. The van der Waals surface area contributed by atoms with Gasteiger partial charge in [-0.2, -0.15) is 8.42 Å². The molecule has 1 saturated heterocycles. The maximum absolute atomic E-state index is 11.9. The molecule has 5 atom stereocenters. The number of rotatable bonds is 2. The summed E-state index contributed by atoms with van der Waals surface area (Å²) in [5, 5.41) is -0.690. The summed E-state index contributed by atoms with van der Waals surface area (Å²) in [7, 11) is -3.59. The number of ether oxygens (including phenoxy) is 1. The standard InChI is InChI=1S/C11H14O5S/c1-3-9(12)15-11-5-7-4-8(11)17(13,14)16-10(11)6(7)2/h3,6-8,10H,1,4-5H2,2H3. The molecule has 0 aromatic heterocycles. The molecule has 6 heteroatoms. The summed E-state index contributed by atoms with van der Waals surface area (Å²) in [4.78, 5) is 11.4. The summed E-state index contributed by atoms with van der Waals surface area (Å²) in [5.41, 5.74) is -0.964. The fourth-order valence-corrected chi connectivity index (χ4v) is 5.64. The molecule has 0 amide bonds. The van der Waals surface area contributed by atoms with E-state index in [1.165, 1.54) is 0 Å². The van der Waals surface area contributed by atoms with Gasteiger partial charge in [0.1, 0.15) is 11.4 Å². The zero-order chi connectivity index (χ0) is 12.4. The van der Waals surface area contributed by atoms with Gasteiger partial charge in [0, 0.05) is 6.08 Å². The first-order chi connectivity index (χ1) is 7.90. The molecule has 0 aromatic carbocycles. The van der Waals surface area contributed by atoms with Gasteiger partial charge in [-0.1, -0.05) is 13.5 Å². The van der Waals surface area contributed by atoms with Crippen LogP contribution in [-0.2, 0) is 23.8 Å². The highest BCUT2D eigenvalue weighted by Crippen LogP contribution is 2.61. The highest BCUT2D eigenvalue weighted by molar-refractivity contribution is 7.87. The molecule has 2 saturated carbocycles. The Morgan fingerprint density at radius 2 is 2.29 bits per heavy atom. The van der Waals surface area contributed by atoms with Gasteiger partial charge < -0.3 is 4.74 Å². The van der Waals surface area contributed by atoms with E-state index in [0.717, 1.165) is 6.08 Å². The number of carbonyl (C=O) groups is 1. The molecule has 0 spiro atoms. The van der Waals surface area contributed by atoms with Crippen molar-refractivity contribution in [1.82, 2.24) is 0 Å². The molecule has 0 radical (unpaired) electrons. The molecule has 3 fully saturated rings. The van der Waals surface area contributed by atoms with Crippen molar-refractivity contribution in [2.24, 2.45) is 11.8 Å². The first-order valence-corrected chi connectivity index (χ1v) is 7.15. The van der Waals surface area contributed by atoms with Crippen LogP contribution in [0.5, 0.6) is 0 Å². The van der Waals surface area contributed by atoms with Crippen molar-refractivity contribution in [3.8, 4) is 0 Å². The van der Waals surface area contributed by atoms with Gasteiger partial charge in [0.15, 0.2) is 5.60 Å². The summed E-state index contributed by atoms with van der Waals surface area (Å²) >= 11 is 0. The summed E-state index contributed by atoms with van der Waals surface area (Å²) in [6.07, 6.45) is 1.67. The highest BCUT2D eigenvalue weighted by atomic mass is 32.2. The average molecular weight is 258 g/mol. The van der Waals surface area contributed by atoms with Gasteiger partial charge in [0.25, 0.3) is 10.1 Å². The Bertz CT molecular complexity index is 496. The molecule has 2 bridgehead atoms. The van der Waals surface area contributed by atoms with Crippen LogP contribution >= 0.6 is 0 Å². The number of carbonyl (C=O) groups excluding carboxylic acids is 1. The maximum Gasteiger partial charge on any atom is 0.330 e. The number of fused-ring (bicyclic) bond motifs is 1. The van der Waals surface area contributed by atoms with Crippen molar-refractivity contribution in [2.75, 3.05) is 0 Å². The monoisotopic (exact) mass is 258 g/mol. The Morgan fingerprint density at radius 1 is 1.59 bits per heavy atom. The minimum Gasteiger partial charge on any atom is -0.452 e. The van der Waals surface area contributed by atoms with Crippen molar-refractivity contribution in [1.29, 1.82) is 0 Å². The van der Waals surface area contributed by atoms with Crippen LogP contribution in [0.2, 0.25) is 0 Å². The van der Waals surface area contributed by atoms with E-state index >= 15 is 0 Å². The van der Waals surface area contributed by atoms with Crippen molar-refractivity contribution in [3.05, 3.63) is 12.7 Å². The van der Waals surface area contributed by atoms with E-state index in [1.807, 2.05) is 6.92 Å². The van der Waals surface area contributed by atoms with Gasteiger partial charge in [-0.25, -0.2) is 4.79 Å². The Balaban J connectivity index is 2.05. The third kappa shape index (κ3) is 1.22. The lowest BCUT2D eigenvalue weighted by Crippen LogP contribution is -2.48. The number of esters is 1. The van der Waals surface area contributed by atoms with Crippen LogP contribution in [-0.4, -0.2) is 31.3 Å². The smallest absolute Gasteiger partial charge is 0.330 e. The lowest BCUT2D eigenvalue weighted by atomic mass is 9.85. The summed E-state index contributed by atoms with van der Waals surface area (Å²) < 4.78 is 34.2. The second-order valence-corrected chi connectivity index (χ2v) is 6.88. The van der Waals surface area contributed by atoms with E-state index in [0.29, 0.717) is 12.8 Å². The molecule has 17 heavy (non-hydrogen) atoms. The Kier molecular flexibility index (Phi) is 2.06. The first kappa shape index (κ1) is 11.2. The molecule has 5 unspecified atom stereocenters. The molecular weight excluding hydrogens is 244 g/mol. The van der Waals surface area contributed by atoms with Gasteiger partial charge in [-0.3, -0.25) is 4.18 Å². The molecule has 5 nitrogen and oxygen atoms in total. The molecule has 0 N–H and O–H groups in total. The molecule has 94 valence electrons. The van der Waals surface area contributed by atoms with Crippen molar-refractivity contribution < 1.29 is 22.1 Å². The van der Waals surface area contributed by atoms with Gasteiger partial charge in [-0.05, 0) is 24.7 Å². The second kappa shape index (κ2) is 3.11. The largest absolute Gasteiger partial charge is 0.452 e. The summed E-state index contributed by atoms with van der Waals surface area (Å²) in [6.45, 7) is 5.30. The lowest BCUT2D eigenvalue weighted by Gasteiger charge is -2.31. The van der Waals surface area contributed by atoms with Crippen LogP contribution in [0.4, 0.5) is 0 Å². The minimum atomic E-state index is -3.59. The van der Waals surface area contributed by atoms with Crippen LogP contribution < -0.4 is 0 Å². The van der Waals surface area contributed by atoms with Crippen LogP contribution in [0.3, 0.4) is 0 Å². The Hall–Kier alpha value is -0.880. The van der Waals surface area contributed by atoms with Gasteiger partial charge in [0.2, 0.25) is 0 Å². The zero-order valence-corrected chi connectivity index (χ0v) is 10.3. The van der Waals surface area contributed by atoms with Crippen molar-refractivity contribution in [2.45, 2.75) is 36.7 Å². The lowest BCUT2D eigenvalue weighted by molar-refractivity contribution is -0.158. The molecule has 3 rings (SSSR count). The van der Waals surface area contributed by atoms with E-state index in [-0.39, 0.29) is 11.8 Å². The van der Waals surface area contributed by atoms with Crippen LogP contribution in [0.25, 0.3) is 0 Å². The minimum absolute atomic E-state index is 0.112. The quantitative estimate of drug-likeness (QED) is 0.412. The van der Waals surface area contributed by atoms with Crippen molar-refractivity contribution >= 4 is 16.1 Å². The predicted octanol–water partition coefficient (Wildman–Crippen LogP) is 0.611. The van der Waals surface area contributed by atoms with Crippen LogP contribution in [0.1, 0.15) is 19.8 Å². The van der Waals surface area contributed by atoms with Gasteiger partial charge in [-0.15, -0.1) is 0 Å². The van der Waals surface area contributed by atoms with Crippen molar-refractivity contribution in [3.63, 3.8) is 0 Å².